The van der Waals surface area contributed by atoms with E-state index in [1.165, 1.54) is 0 Å². The maximum Gasteiger partial charge on any atom is 0.308 e. The van der Waals surface area contributed by atoms with Crippen LogP contribution in [0.3, 0.4) is 0 Å². The minimum Gasteiger partial charge on any atom is -0.481 e. The summed E-state index contributed by atoms with van der Waals surface area (Å²) in [5, 5.41) is 9.04. The van der Waals surface area contributed by atoms with Crippen molar-refractivity contribution in [3.8, 4) is 0 Å². The summed E-state index contributed by atoms with van der Waals surface area (Å²) in [5.74, 6) is -0.607. The van der Waals surface area contributed by atoms with E-state index in [4.69, 9.17) is 5.11 Å². The van der Waals surface area contributed by atoms with Crippen LogP contribution < -0.4 is 0 Å². The zero-order chi connectivity index (χ0) is 13.7. The number of carbonyl (C=O) groups excluding carboxylic acids is 1. The number of rotatable bonds is 5. The highest BCUT2D eigenvalue weighted by Gasteiger charge is 2.32. The molecule has 104 valence electrons. The number of hydrogen-bond donors (Lipinski definition) is 1. The number of likely N-dealkylation sites (tertiary alicyclic amines) is 1. The lowest BCUT2D eigenvalue weighted by Gasteiger charge is -2.34. The van der Waals surface area contributed by atoms with Gasteiger partial charge in [0.1, 0.15) is 0 Å². The molecule has 1 aliphatic heterocycles. The van der Waals surface area contributed by atoms with E-state index in [9.17, 15) is 9.59 Å². The van der Waals surface area contributed by atoms with Gasteiger partial charge in [0.2, 0.25) is 5.91 Å². The third-order valence-electron chi connectivity index (χ3n) is 4.23. The predicted molar refractivity (Wildman–Crippen MR) is 70.2 cm³/mol. The molecule has 0 aromatic carbocycles. The van der Waals surface area contributed by atoms with Crippen LogP contribution in [0.15, 0.2) is 0 Å². The Labute approximate surface area is 109 Å². The van der Waals surface area contributed by atoms with Gasteiger partial charge in [-0.3, -0.25) is 9.59 Å². The molecule has 1 N–H and O–H groups in total. The molecule has 1 unspecified atom stereocenters. The summed E-state index contributed by atoms with van der Waals surface area (Å²) in [5.41, 5.74) is 0. The first kappa shape index (κ1) is 15.0. The van der Waals surface area contributed by atoms with Gasteiger partial charge >= 0.3 is 5.97 Å². The molecule has 0 bridgehead atoms. The number of piperidine rings is 1. The maximum atomic E-state index is 12.4. The summed E-state index contributed by atoms with van der Waals surface area (Å²) in [7, 11) is 0. The van der Waals surface area contributed by atoms with E-state index in [1.54, 1.807) is 4.90 Å². The van der Waals surface area contributed by atoms with Gasteiger partial charge in [0, 0.05) is 19.0 Å². The monoisotopic (exact) mass is 255 g/mol. The molecule has 1 rings (SSSR count). The smallest absolute Gasteiger partial charge is 0.308 e. The van der Waals surface area contributed by atoms with Crippen LogP contribution >= 0.6 is 0 Å². The predicted octanol–water partition coefficient (Wildman–Crippen LogP) is 2.38. The molecule has 0 aromatic rings. The molecule has 0 aliphatic carbocycles. The van der Waals surface area contributed by atoms with Crippen molar-refractivity contribution in [1.82, 2.24) is 4.90 Å². The van der Waals surface area contributed by atoms with Crippen LogP contribution in [0.25, 0.3) is 0 Å². The third kappa shape index (κ3) is 3.47. The van der Waals surface area contributed by atoms with Crippen molar-refractivity contribution in [3.05, 3.63) is 0 Å². The number of hydrogen-bond acceptors (Lipinski definition) is 2. The summed E-state index contributed by atoms with van der Waals surface area (Å²) in [6.07, 6.45) is 3.50. The third-order valence-corrected chi connectivity index (χ3v) is 4.23. The van der Waals surface area contributed by atoms with Gasteiger partial charge in [-0.05, 0) is 18.8 Å². The first-order chi connectivity index (χ1) is 8.51. The average molecular weight is 255 g/mol. The molecule has 1 heterocycles. The molecule has 0 radical (unpaired) electrons. The molecule has 18 heavy (non-hydrogen) atoms. The Balaban J connectivity index is 2.63. The molecule has 0 aromatic heterocycles. The van der Waals surface area contributed by atoms with Crippen LogP contribution in [0.4, 0.5) is 0 Å². The van der Waals surface area contributed by atoms with Crippen molar-refractivity contribution in [2.45, 2.75) is 46.5 Å². The lowest BCUT2D eigenvalue weighted by Crippen LogP contribution is -2.45. The Morgan fingerprint density at radius 1 is 1.33 bits per heavy atom. The Hall–Kier alpha value is -1.06. The van der Waals surface area contributed by atoms with E-state index in [2.05, 4.69) is 13.8 Å². The van der Waals surface area contributed by atoms with Crippen LogP contribution in [0.1, 0.15) is 46.5 Å². The SMILES string of the molecule is CCC(CC)C(C)C(=O)N1CCC[C@H](C(=O)O)C1. The van der Waals surface area contributed by atoms with Gasteiger partial charge in [-0.2, -0.15) is 0 Å². The Morgan fingerprint density at radius 3 is 2.44 bits per heavy atom. The van der Waals surface area contributed by atoms with E-state index in [-0.39, 0.29) is 17.7 Å². The summed E-state index contributed by atoms with van der Waals surface area (Å²) >= 11 is 0. The Bertz CT molecular complexity index is 299. The second-order valence-corrected chi connectivity index (χ2v) is 5.33. The van der Waals surface area contributed by atoms with Crippen LogP contribution in [0, 0.1) is 17.8 Å². The topological polar surface area (TPSA) is 57.6 Å². The van der Waals surface area contributed by atoms with Crippen molar-refractivity contribution in [2.24, 2.45) is 17.8 Å². The normalized spacial score (nSPS) is 22.0. The van der Waals surface area contributed by atoms with Gasteiger partial charge in [-0.15, -0.1) is 0 Å². The van der Waals surface area contributed by atoms with Crippen LogP contribution in [0.5, 0.6) is 0 Å². The highest BCUT2D eigenvalue weighted by atomic mass is 16.4. The van der Waals surface area contributed by atoms with Gasteiger partial charge in [0.05, 0.1) is 5.92 Å². The van der Waals surface area contributed by atoms with Gasteiger partial charge in [0.25, 0.3) is 0 Å². The maximum absolute atomic E-state index is 12.4. The van der Waals surface area contributed by atoms with E-state index in [0.717, 1.165) is 19.3 Å². The highest BCUT2D eigenvalue weighted by molar-refractivity contribution is 5.80. The number of carboxylic acid groups (broad SMARTS) is 1. The molecule has 4 nitrogen and oxygen atoms in total. The fourth-order valence-electron chi connectivity index (χ4n) is 2.86. The molecule has 2 atom stereocenters. The number of carboxylic acids is 1. The van der Waals surface area contributed by atoms with E-state index in [0.29, 0.717) is 25.4 Å². The van der Waals surface area contributed by atoms with Crippen molar-refractivity contribution in [1.29, 1.82) is 0 Å². The van der Waals surface area contributed by atoms with Crippen LogP contribution in [-0.4, -0.2) is 35.0 Å². The second kappa shape index (κ2) is 6.76. The van der Waals surface area contributed by atoms with Crippen molar-refractivity contribution >= 4 is 11.9 Å². The lowest BCUT2D eigenvalue weighted by molar-refractivity contribution is -0.147. The molecule has 4 heteroatoms. The fourth-order valence-corrected chi connectivity index (χ4v) is 2.86. The number of carbonyl (C=O) groups is 2. The Kier molecular flexibility index (Phi) is 5.63. The highest BCUT2D eigenvalue weighted by Crippen LogP contribution is 2.24. The molecule has 0 saturated carbocycles. The van der Waals surface area contributed by atoms with Gasteiger partial charge in [0.15, 0.2) is 0 Å². The van der Waals surface area contributed by atoms with Crippen LogP contribution in [-0.2, 0) is 9.59 Å². The average Bonchev–Trinajstić information content (AvgIpc) is 2.39. The number of amides is 1. The minimum absolute atomic E-state index is 0.00699. The van der Waals surface area contributed by atoms with Crippen molar-refractivity contribution in [3.63, 3.8) is 0 Å². The second-order valence-electron chi connectivity index (χ2n) is 5.33. The van der Waals surface area contributed by atoms with Crippen LogP contribution in [0.2, 0.25) is 0 Å². The molecule has 1 fully saturated rings. The number of aliphatic carboxylic acids is 1. The first-order valence-corrected chi connectivity index (χ1v) is 7.02. The van der Waals surface area contributed by atoms with E-state index < -0.39 is 5.97 Å². The van der Waals surface area contributed by atoms with Gasteiger partial charge < -0.3 is 10.0 Å². The standard InChI is InChI=1S/C14H25NO3/c1-4-11(5-2)10(3)13(16)15-8-6-7-12(9-15)14(17)18/h10-12H,4-9H2,1-3H3,(H,17,18)/t10?,12-/m0/s1. The molecular formula is C14H25NO3. The molecule has 1 amide bonds. The first-order valence-electron chi connectivity index (χ1n) is 7.02. The zero-order valence-electron chi connectivity index (χ0n) is 11.7. The molecule has 1 saturated heterocycles. The van der Waals surface area contributed by atoms with Gasteiger partial charge in [-0.1, -0.05) is 33.6 Å². The quantitative estimate of drug-likeness (QED) is 0.820. The van der Waals surface area contributed by atoms with Crippen molar-refractivity contribution in [2.75, 3.05) is 13.1 Å². The minimum atomic E-state index is -0.775. The van der Waals surface area contributed by atoms with Crippen molar-refractivity contribution < 1.29 is 14.7 Å². The lowest BCUT2D eigenvalue weighted by atomic mass is 9.87. The molecule has 0 spiro atoms. The summed E-state index contributed by atoms with van der Waals surface area (Å²) < 4.78 is 0. The molecule has 1 aliphatic rings. The fraction of sp³-hybridized carbons (Fsp3) is 0.857. The molecular weight excluding hydrogens is 230 g/mol. The summed E-state index contributed by atoms with van der Waals surface area (Å²) in [6.45, 7) is 7.29. The largest absolute Gasteiger partial charge is 0.481 e. The zero-order valence-corrected chi connectivity index (χ0v) is 11.7. The number of nitrogens with zero attached hydrogens (tertiary/aromatic N) is 1. The summed E-state index contributed by atoms with van der Waals surface area (Å²) in [4.78, 5) is 25.1. The van der Waals surface area contributed by atoms with Gasteiger partial charge in [-0.25, -0.2) is 0 Å². The summed E-state index contributed by atoms with van der Waals surface area (Å²) in [6, 6.07) is 0. The Morgan fingerprint density at radius 2 is 1.94 bits per heavy atom. The van der Waals surface area contributed by atoms with E-state index in [1.807, 2.05) is 6.92 Å². The van der Waals surface area contributed by atoms with E-state index >= 15 is 0 Å².